The molecule has 88 valence electrons. The van der Waals surface area contributed by atoms with Crippen LogP contribution in [0.25, 0.3) is 0 Å². The molecule has 1 aromatic carbocycles. The maximum absolute atomic E-state index is 13.4. The Balaban J connectivity index is 2.96. The third-order valence-electron chi connectivity index (χ3n) is 1.95. The van der Waals surface area contributed by atoms with Gasteiger partial charge in [0.15, 0.2) is 11.6 Å². The molecule has 0 aromatic heterocycles. The second-order valence-electron chi connectivity index (χ2n) is 3.61. The molecule has 0 saturated carbocycles. The van der Waals surface area contributed by atoms with Crippen LogP contribution in [-0.4, -0.2) is 17.6 Å². The van der Waals surface area contributed by atoms with Crippen molar-refractivity contribution < 1.29 is 14.1 Å². The molecule has 5 nitrogen and oxygen atoms in total. The van der Waals surface area contributed by atoms with Crippen molar-refractivity contribution in [1.82, 2.24) is 0 Å². The highest BCUT2D eigenvalue weighted by molar-refractivity contribution is 5.45. The standard InChI is InChI=1S/C10H13FN2O3/c1-6-3-10(16-5-7(2)12)8(11)4-9(6)13(14)15/h3-4,7H,5,12H2,1-2H3. The van der Waals surface area contributed by atoms with E-state index in [-0.39, 0.29) is 24.1 Å². The first-order valence-electron chi connectivity index (χ1n) is 4.74. The Morgan fingerprint density at radius 2 is 2.25 bits per heavy atom. The summed E-state index contributed by atoms with van der Waals surface area (Å²) in [6, 6.07) is 1.93. The molecule has 0 radical (unpaired) electrons. The van der Waals surface area contributed by atoms with E-state index in [1.165, 1.54) is 13.0 Å². The number of nitro groups is 1. The first-order valence-corrected chi connectivity index (χ1v) is 4.74. The van der Waals surface area contributed by atoms with Crippen LogP contribution in [0.5, 0.6) is 5.75 Å². The second-order valence-corrected chi connectivity index (χ2v) is 3.61. The van der Waals surface area contributed by atoms with Crippen LogP contribution in [-0.2, 0) is 0 Å². The van der Waals surface area contributed by atoms with Gasteiger partial charge < -0.3 is 10.5 Å². The number of aryl methyl sites for hydroxylation is 1. The van der Waals surface area contributed by atoms with Gasteiger partial charge in [-0.3, -0.25) is 10.1 Å². The van der Waals surface area contributed by atoms with Crippen molar-refractivity contribution in [3.63, 3.8) is 0 Å². The Hall–Kier alpha value is -1.69. The number of rotatable bonds is 4. The van der Waals surface area contributed by atoms with Gasteiger partial charge in [-0.1, -0.05) is 0 Å². The SMILES string of the molecule is Cc1cc(OCC(C)N)c(F)cc1[N+](=O)[O-]. The Labute approximate surface area is 92.2 Å². The molecule has 0 bridgehead atoms. The fraction of sp³-hybridized carbons (Fsp3) is 0.400. The van der Waals surface area contributed by atoms with Gasteiger partial charge in [0.1, 0.15) is 6.61 Å². The topological polar surface area (TPSA) is 78.4 Å². The van der Waals surface area contributed by atoms with E-state index in [1.54, 1.807) is 6.92 Å². The highest BCUT2D eigenvalue weighted by Gasteiger charge is 2.16. The first-order chi connectivity index (χ1) is 7.41. The summed E-state index contributed by atoms with van der Waals surface area (Å²) in [5.74, 6) is -0.765. The zero-order valence-electron chi connectivity index (χ0n) is 9.07. The number of ether oxygens (including phenoxy) is 1. The Morgan fingerprint density at radius 3 is 2.75 bits per heavy atom. The summed E-state index contributed by atoms with van der Waals surface area (Å²) in [5, 5.41) is 10.5. The van der Waals surface area contributed by atoms with Gasteiger partial charge in [-0.15, -0.1) is 0 Å². The molecule has 0 aliphatic carbocycles. The molecule has 0 heterocycles. The molecule has 1 aromatic rings. The van der Waals surface area contributed by atoms with E-state index in [0.29, 0.717) is 5.56 Å². The molecule has 0 fully saturated rings. The first kappa shape index (κ1) is 12.4. The van der Waals surface area contributed by atoms with Gasteiger partial charge in [0, 0.05) is 11.6 Å². The largest absolute Gasteiger partial charge is 0.489 e. The monoisotopic (exact) mass is 228 g/mol. The molecule has 1 unspecified atom stereocenters. The average Bonchev–Trinajstić information content (AvgIpc) is 2.18. The number of hydrogen-bond acceptors (Lipinski definition) is 4. The van der Waals surface area contributed by atoms with Crippen LogP contribution in [0.3, 0.4) is 0 Å². The van der Waals surface area contributed by atoms with Gasteiger partial charge in [0.25, 0.3) is 5.69 Å². The molecule has 6 heteroatoms. The van der Waals surface area contributed by atoms with E-state index < -0.39 is 10.7 Å². The van der Waals surface area contributed by atoms with Crippen molar-refractivity contribution in [2.45, 2.75) is 19.9 Å². The Morgan fingerprint density at radius 1 is 1.62 bits per heavy atom. The third-order valence-corrected chi connectivity index (χ3v) is 1.95. The molecule has 0 aliphatic rings. The number of halogens is 1. The van der Waals surface area contributed by atoms with Crippen molar-refractivity contribution in [3.8, 4) is 5.75 Å². The van der Waals surface area contributed by atoms with Crippen LogP contribution in [0.15, 0.2) is 12.1 Å². The Bertz CT molecular complexity index is 407. The summed E-state index contributed by atoms with van der Waals surface area (Å²) in [5.41, 5.74) is 5.55. The van der Waals surface area contributed by atoms with Crippen LogP contribution in [0.4, 0.5) is 10.1 Å². The van der Waals surface area contributed by atoms with Crippen molar-refractivity contribution in [1.29, 1.82) is 0 Å². The summed E-state index contributed by atoms with van der Waals surface area (Å²) in [6.07, 6.45) is 0. The molecule has 0 aliphatic heterocycles. The lowest BCUT2D eigenvalue weighted by atomic mass is 10.2. The Kier molecular flexibility index (Phi) is 3.78. The average molecular weight is 228 g/mol. The zero-order valence-corrected chi connectivity index (χ0v) is 9.07. The van der Waals surface area contributed by atoms with Gasteiger partial charge in [-0.2, -0.15) is 0 Å². The van der Waals surface area contributed by atoms with E-state index in [4.69, 9.17) is 10.5 Å². The number of hydrogen-bond donors (Lipinski definition) is 1. The maximum Gasteiger partial charge on any atom is 0.275 e. The highest BCUT2D eigenvalue weighted by Crippen LogP contribution is 2.26. The molecule has 0 spiro atoms. The number of nitro benzene ring substituents is 1. The normalized spacial score (nSPS) is 12.2. The maximum atomic E-state index is 13.4. The summed E-state index contributed by atoms with van der Waals surface area (Å²) in [7, 11) is 0. The second kappa shape index (κ2) is 4.89. The molecule has 0 saturated heterocycles. The number of nitrogens with zero attached hydrogens (tertiary/aromatic N) is 1. The minimum atomic E-state index is -0.752. The lowest BCUT2D eigenvalue weighted by Crippen LogP contribution is -2.23. The van der Waals surface area contributed by atoms with Crippen molar-refractivity contribution in [2.75, 3.05) is 6.61 Å². The van der Waals surface area contributed by atoms with Crippen LogP contribution in [0.1, 0.15) is 12.5 Å². The summed E-state index contributed by atoms with van der Waals surface area (Å²) >= 11 is 0. The van der Waals surface area contributed by atoms with E-state index in [1.807, 2.05) is 0 Å². The molecular weight excluding hydrogens is 215 g/mol. The zero-order chi connectivity index (χ0) is 12.3. The summed E-state index contributed by atoms with van der Waals surface area (Å²) < 4.78 is 18.5. The highest BCUT2D eigenvalue weighted by atomic mass is 19.1. The summed E-state index contributed by atoms with van der Waals surface area (Å²) in [6.45, 7) is 3.40. The van der Waals surface area contributed by atoms with E-state index >= 15 is 0 Å². The van der Waals surface area contributed by atoms with Gasteiger partial charge in [-0.25, -0.2) is 4.39 Å². The van der Waals surface area contributed by atoms with Gasteiger partial charge >= 0.3 is 0 Å². The molecular formula is C10H13FN2O3. The predicted molar refractivity (Wildman–Crippen MR) is 56.9 cm³/mol. The fourth-order valence-electron chi connectivity index (χ4n) is 1.17. The van der Waals surface area contributed by atoms with E-state index in [2.05, 4.69) is 0 Å². The number of nitrogens with two attached hydrogens (primary N) is 1. The number of benzene rings is 1. The third kappa shape index (κ3) is 2.90. The van der Waals surface area contributed by atoms with E-state index in [9.17, 15) is 14.5 Å². The smallest absolute Gasteiger partial charge is 0.275 e. The summed E-state index contributed by atoms with van der Waals surface area (Å²) in [4.78, 5) is 9.90. The van der Waals surface area contributed by atoms with Crippen molar-refractivity contribution >= 4 is 5.69 Å². The van der Waals surface area contributed by atoms with Crippen molar-refractivity contribution in [3.05, 3.63) is 33.6 Å². The quantitative estimate of drug-likeness (QED) is 0.629. The van der Waals surface area contributed by atoms with Crippen LogP contribution >= 0.6 is 0 Å². The molecule has 2 N–H and O–H groups in total. The van der Waals surface area contributed by atoms with Crippen LogP contribution < -0.4 is 10.5 Å². The van der Waals surface area contributed by atoms with Crippen LogP contribution in [0.2, 0.25) is 0 Å². The molecule has 0 amide bonds. The minimum absolute atomic E-state index is 0.0135. The van der Waals surface area contributed by atoms with Crippen LogP contribution in [0, 0.1) is 22.9 Å². The van der Waals surface area contributed by atoms with E-state index in [0.717, 1.165) is 6.07 Å². The molecule has 16 heavy (non-hydrogen) atoms. The van der Waals surface area contributed by atoms with Gasteiger partial charge in [0.05, 0.1) is 11.0 Å². The molecule has 1 atom stereocenters. The van der Waals surface area contributed by atoms with Gasteiger partial charge in [0.2, 0.25) is 0 Å². The predicted octanol–water partition coefficient (Wildman–Crippen LogP) is 1.77. The lowest BCUT2D eigenvalue weighted by molar-refractivity contribution is -0.385. The van der Waals surface area contributed by atoms with Gasteiger partial charge in [-0.05, 0) is 19.9 Å². The molecule has 1 rings (SSSR count). The lowest BCUT2D eigenvalue weighted by Gasteiger charge is -2.10. The minimum Gasteiger partial charge on any atom is -0.489 e. The fourth-order valence-corrected chi connectivity index (χ4v) is 1.17. The van der Waals surface area contributed by atoms with Crippen molar-refractivity contribution in [2.24, 2.45) is 5.73 Å².